The third-order valence-corrected chi connectivity index (χ3v) is 3.70. The number of ether oxygens (including phenoxy) is 1. The second-order valence-electron chi connectivity index (χ2n) is 4.88. The van der Waals surface area contributed by atoms with E-state index in [0.29, 0.717) is 5.11 Å². The maximum Gasteiger partial charge on any atom is 0.170 e. The number of aryl methyl sites for hydroxylation is 1. The number of benzene rings is 1. The molecule has 1 aliphatic rings. The summed E-state index contributed by atoms with van der Waals surface area (Å²) in [6, 6.07) is 6.46. The van der Waals surface area contributed by atoms with Crippen LogP contribution in [0.5, 0.6) is 0 Å². The Hall–Kier alpha value is -1.13. The van der Waals surface area contributed by atoms with E-state index in [1.54, 1.807) is 7.11 Å². The number of fused-ring (bicyclic) bond motifs is 1. The van der Waals surface area contributed by atoms with E-state index in [9.17, 15) is 0 Å². The number of anilines is 1. The van der Waals surface area contributed by atoms with Gasteiger partial charge in [0.25, 0.3) is 0 Å². The third-order valence-electron chi connectivity index (χ3n) is 3.45. The van der Waals surface area contributed by atoms with Crippen molar-refractivity contribution in [2.75, 3.05) is 25.6 Å². The highest BCUT2D eigenvalue weighted by Gasteiger charge is 2.13. The molecular formula is C15H22N2OS. The lowest BCUT2D eigenvalue weighted by atomic mass is 9.90. The fourth-order valence-corrected chi connectivity index (χ4v) is 2.70. The summed E-state index contributed by atoms with van der Waals surface area (Å²) in [6.07, 6.45) is 5.89. The average Bonchev–Trinajstić information content (AvgIpc) is 2.44. The summed E-state index contributed by atoms with van der Waals surface area (Å²) in [7, 11) is 1.72. The van der Waals surface area contributed by atoms with Crippen molar-refractivity contribution in [2.45, 2.75) is 32.1 Å². The van der Waals surface area contributed by atoms with Crippen LogP contribution in [0, 0.1) is 0 Å². The van der Waals surface area contributed by atoms with Gasteiger partial charge in [-0.3, -0.25) is 0 Å². The standard InChI is InChI=1S/C15H22N2OS/c1-18-11-5-10-16-15(19)17-14-9-4-7-12-6-2-3-8-13(12)14/h4,7,9H,2-3,5-6,8,10-11H2,1H3,(H2,16,17,19). The van der Waals surface area contributed by atoms with E-state index >= 15 is 0 Å². The molecule has 0 aliphatic heterocycles. The van der Waals surface area contributed by atoms with Gasteiger partial charge in [0.2, 0.25) is 0 Å². The molecule has 0 aromatic heterocycles. The van der Waals surface area contributed by atoms with Crippen LogP contribution >= 0.6 is 12.2 Å². The van der Waals surface area contributed by atoms with Crippen LogP contribution in [0.4, 0.5) is 5.69 Å². The van der Waals surface area contributed by atoms with E-state index in [1.807, 2.05) is 0 Å². The number of thiocarbonyl (C=S) groups is 1. The minimum atomic E-state index is 0.704. The van der Waals surface area contributed by atoms with Crippen molar-refractivity contribution < 1.29 is 4.74 Å². The van der Waals surface area contributed by atoms with Gasteiger partial charge in [0.05, 0.1) is 0 Å². The second kappa shape index (κ2) is 7.46. The van der Waals surface area contributed by atoms with Crippen LogP contribution in [-0.4, -0.2) is 25.4 Å². The summed E-state index contributed by atoms with van der Waals surface area (Å²) < 4.78 is 5.01. The van der Waals surface area contributed by atoms with Crippen molar-refractivity contribution in [3.63, 3.8) is 0 Å². The molecule has 0 saturated carbocycles. The Balaban J connectivity index is 1.90. The Labute approximate surface area is 120 Å². The number of hydrogen-bond acceptors (Lipinski definition) is 2. The Morgan fingerprint density at radius 1 is 1.32 bits per heavy atom. The normalized spacial score (nSPS) is 13.7. The van der Waals surface area contributed by atoms with Crippen molar-refractivity contribution in [1.29, 1.82) is 0 Å². The minimum absolute atomic E-state index is 0.704. The number of rotatable bonds is 5. The van der Waals surface area contributed by atoms with Gasteiger partial charge in [-0.2, -0.15) is 0 Å². The molecule has 104 valence electrons. The molecule has 0 fully saturated rings. The summed E-state index contributed by atoms with van der Waals surface area (Å²) in [5.74, 6) is 0. The summed E-state index contributed by atoms with van der Waals surface area (Å²) in [4.78, 5) is 0. The Morgan fingerprint density at radius 3 is 3.00 bits per heavy atom. The van der Waals surface area contributed by atoms with Gasteiger partial charge in [-0.15, -0.1) is 0 Å². The van der Waals surface area contributed by atoms with E-state index < -0.39 is 0 Å². The maximum atomic E-state index is 5.33. The summed E-state index contributed by atoms with van der Waals surface area (Å²) in [5, 5.41) is 7.24. The molecule has 19 heavy (non-hydrogen) atoms. The van der Waals surface area contributed by atoms with E-state index in [0.717, 1.165) is 26.0 Å². The van der Waals surface area contributed by atoms with Gasteiger partial charge in [0.1, 0.15) is 0 Å². The number of nitrogens with one attached hydrogen (secondary N) is 2. The summed E-state index contributed by atoms with van der Waals surface area (Å²) >= 11 is 5.33. The van der Waals surface area contributed by atoms with Crippen LogP contribution in [0.25, 0.3) is 0 Å². The summed E-state index contributed by atoms with van der Waals surface area (Å²) in [5.41, 5.74) is 4.08. The average molecular weight is 278 g/mol. The highest BCUT2D eigenvalue weighted by molar-refractivity contribution is 7.80. The highest BCUT2D eigenvalue weighted by atomic mass is 32.1. The lowest BCUT2D eigenvalue weighted by Crippen LogP contribution is -2.30. The first kappa shape index (κ1) is 14.3. The zero-order valence-corrected chi connectivity index (χ0v) is 12.3. The summed E-state index contributed by atoms with van der Waals surface area (Å²) in [6.45, 7) is 1.60. The Kier molecular flexibility index (Phi) is 5.61. The molecule has 2 rings (SSSR count). The number of methoxy groups -OCH3 is 1. The Bertz CT molecular complexity index is 434. The molecule has 0 amide bonds. The lowest BCUT2D eigenvalue weighted by molar-refractivity contribution is 0.196. The first-order valence-corrected chi connectivity index (χ1v) is 7.36. The van der Waals surface area contributed by atoms with Crippen LogP contribution in [0.2, 0.25) is 0 Å². The smallest absolute Gasteiger partial charge is 0.170 e. The van der Waals surface area contributed by atoms with E-state index in [1.165, 1.54) is 36.1 Å². The quantitative estimate of drug-likeness (QED) is 0.641. The highest BCUT2D eigenvalue weighted by Crippen LogP contribution is 2.27. The van der Waals surface area contributed by atoms with Gasteiger partial charge in [-0.1, -0.05) is 12.1 Å². The van der Waals surface area contributed by atoms with Crippen LogP contribution in [0.1, 0.15) is 30.4 Å². The predicted octanol–water partition coefficient (Wildman–Crippen LogP) is 2.89. The molecule has 1 aromatic rings. The largest absolute Gasteiger partial charge is 0.385 e. The molecule has 4 heteroatoms. The first-order valence-electron chi connectivity index (χ1n) is 6.96. The molecule has 0 unspecified atom stereocenters. The van der Waals surface area contributed by atoms with Gasteiger partial charge in [-0.05, 0) is 61.5 Å². The van der Waals surface area contributed by atoms with Crippen LogP contribution in [-0.2, 0) is 17.6 Å². The fraction of sp³-hybridized carbons (Fsp3) is 0.533. The van der Waals surface area contributed by atoms with Crippen LogP contribution in [0.15, 0.2) is 18.2 Å². The van der Waals surface area contributed by atoms with Crippen LogP contribution in [0.3, 0.4) is 0 Å². The second-order valence-corrected chi connectivity index (χ2v) is 5.29. The predicted molar refractivity (Wildman–Crippen MR) is 83.8 cm³/mol. The van der Waals surface area contributed by atoms with Crippen molar-refractivity contribution in [2.24, 2.45) is 0 Å². The molecule has 1 aromatic carbocycles. The molecule has 0 bridgehead atoms. The minimum Gasteiger partial charge on any atom is -0.385 e. The lowest BCUT2D eigenvalue weighted by Gasteiger charge is -2.20. The van der Waals surface area contributed by atoms with E-state index in [-0.39, 0.29) is 0 Å². The van der Waals surface area contributed by atoms with Crippen LogP contribution < -0.4 is 10.6 Å². The number of hydrogen-bond donors (Lipinski definition) is 2. The molecule has 0 heterocycles. The molecule has 0 atom stereocenters. The van der Waals surface area contributed by atoms with Gasteiger partial charge >= 0.3 is 0 Å². The van der Waals surface area contributed by atoms with E-state index in [4.69, 9.17) is 17.0 Å². The SMILES string of the molecule is COCCCNC(=S)Nc1cccc2c1CCCC2. The maximum absolute atomic E-state index is 5.33. The van der Waals surface area contributed by atoms with Gasteiger partial charge in [0, 0.05) is 25.9 Å². The fourth-order valence-electron chi connectivity index (χ4n) is 2.48. The topological polar surface area (TPSA) is 33.3 Å². The zero-order valence-electron chi connectivity index (χ0n) is 11.5. The molecule has 1 aliphatic carbocycles. The Morgan fingerprint density at radius 2 is 2.16 bits per heavy atom. The van der Waals surface area contributed by atoms with E-state index in [2.05, 4.69) is 28.8 Å². The molecule has 3 nitrogen and oxygen atoms in total. The van der Waals surface area contributed by atoms with Crippen molar-refractivity contribution in [3.05, 3.63) is 29.3 Å². The molecule has 2 N–H and O–H groups in total. The monoisotopic (exact) mass is 278 g/mol. The van der Waals surface area contributed by atoms with Crippen molar-refractivity contribution >= 4 is 23.0 Å². The first-order chi connectivity index (χ1) is 9.31. The van der Waals surface area contributed by atoms with Crippen molar-refractivity contribution in [1.82, 2.24) is 5.32 Å². The third kappa shape index (κ3) is 4.18. The molecule has 0 spiro atoms. The van der Waals surface area contributed by atoms with Gasteiger partial charge in [-0.25, -0.2) is 0 Å². The van der Waals surface area contributed by atoms with Gasteiger partial charge in [0.15, 0.2) is 5.11 Å². The zero-order chi connectivity index (χ0) is 13.5. The van der Waals surface area contributed by atoms with Gasteiger partial charge < -0.3 is 15.4 Å². The molecule has 0 radical (unpaired) electrons. The van der Waals surface area contributed by atoms with Crippen molar-refractivity contribution in [3.8, 4) is 0 Å². The molecular weight excluding hydrogens is 256 g/mol. The molecule has 0 saturated heterocycles.